The molecule has 0 aliphatic carbocycles. The molecule has 0 saturated carbocycles. The van der Waals surface area contributed by atoms with Gasteiger partial charge in [0, 0.05) is 25.1 Å². The van der Waals surface area contributed by atoms with Gasteiger partial charge in [-0.2, -0.15) is 5.26 Å². The molecular weight excluding hydrogens is 214 g/mol. The van der Waals surface area contributed by atoms with E-state index in [9.17, 15) is 4.79 Å². The highest BCUT2D eigenvalue weighted by Gasteiger charge is 2.25. The standard InChI is InChI=1S/C13H15N3O/c14-7-3-4-8-15-13(17)12-9-10-5-1-2-6-11(10)16-12/h1-2,5-6,12,16H,3-4,8-9H2,(H,15,17)/t12-/m0/s1. The number of anilines is 1. The molecule has 4 nitrogen and oxygen atoms in total. The number of carbonyl (C=O) groups excluding carboxylic acids is 1. The number of benzene rings is 1. The maximum Gasteiger partial charge on any atom is 0.242 e. The minimum absolute atomic E-state index is 0.0131. The van der Waals surface area contributed by atoms with Crippen LogP contribution >= 0.6 is 0 Å². The van der Waals surface area contributed by atoms with Crippen LogP contribution in [0.25, 0.3) is 0 Å². The van der Waals surface area contributed by atoms with Crippen LogP contribution in [-0.2, 0) is 11.2 Å². The first-order chi connectivity index (χ1) is 8.31. The van der Waals surface area contributed by atoms with Gasteiger partial charge in [0.15, 0.2) is 0 Å². The van der Waals surface area contributed by atoms with Crippen molar-refractivity contribution in [1.82, 2.24) is 5.32 Å². The van der Waals surface area contributed by atoms with Crippen molar-refractivity contribution in [3.63, 3.8) is 0 Å². The van der Waals surface area contributed by atoms with Crippen LogP contribution in [-0.4, -0.2) is 18.5 Å². The number of nitrogens with one attached hydrogen (secondary N) is 2. The molecule has 17 heavy (non-hydrogen) atoms. The lowest BCUT2D eigenvalue weighted by atomic mass is 10.1. The van der Waals surface area contributed by atoms with Crippen LogP contribution in [0.4, 0.5) is 5.69 Å². The van der Waals surface area contributed by atoms with Gasteiger partial charge in [0.25, 0.3) is 0 Å². The topological polar surface area (TPSA) is 64.9 Å². The number of nitriles is 1. The fourth-order valence-electron chi connectivity index (χ4n) is 1.96. The Morgan fingerprint density at radius 1 is 1.53 bits per heavy atom. The van der Waals surface area contributed by atoms with Crippen LogP contribution in [0.15, 0.2) is 24.3 Å². The second kappa shape index (κ2) is 5.35. The van der Waals surface area contributed by atoms with Crippen LogP contribution in [0.5, 0.6) is 0 Å². The summed E-state index contributed by atoms with van der Waals surface area (Å²) < 4.78 is 0. The van der Waals surface area contributed by atoms with E-state index in [0.29, 0.717) is 19.4 Å². The van der Waals surface area contributed by atoms with Crippen molar-refractivity contribution >= 4 is 11.6 Å². The number of hydrogen-bond donors (Lipinski definition) is 2. The van der Waals surface area contributed by atoms with Gasteiger partial charge >= 0.3 is 0 Å². The maximum absolute atomic E-state index is 11.8. The smallest absolute Gasteiger partial charge is 0.242 e. The number of amides is 1. The molecule has 0 radical (unpaired) electrons. The van der Waals surface area contributed by atoms with E-state index < -0.39 is 0 Å². The molecule has 0 fully saturated rings. The fourth-order valence-corrected chi connectivity index (χ4v) is 1.96. The quantitative estimate of drug-likeness (QED) is 0.768. The van der Waals surface area contributed by atoms with Crippen molar-refractivity contribution in [2.24, 2.45) is 0 Å². The highest BCUT2D eigenvalue weighted by molar-refractivity contribution is 5.87. The van der Waals surface area contributed by atoms with Gasteiger partial charge in [-0.25, -0.2) is 0 Å². The van der Waals surface area contributed by atoms with Gasteiger partial charge in [-0.3, -0.25) is 4.79 Å². The number of para-hydroxylation sites is 1. The fraction of sp³-hybridized carbons (Fsp3) is 0.385. The van der Waals surface area contributed by atoms with E-state index in [1.165, 1.54) is 5.56 Å². The van der Waals surface area contributed by atoms with E-state index in [1.54, 1.807) is 0 Å². The Bertz CT molecular complexity index is 425. The lowest BCUT2D eigenvalue weighted by Crippen LogP contribution is -2.38. The van der Waals surface area contributed by atoms with E-state index in [-0.39, 0.29) is 11.9 Å². The van der Waals surface area contributed by atoms with Gasteiger partial charge in [-0.05, 0) is 18.1 Å². The molecular formula is C13H15N3O. The zero-order chi connectivity index (χ0) is 12.1. The average Bonchev–Trinajstić information content (AvgIpc) is 2.78. The van der Waals surface area contributed by atoms with Gasteiger partial charge in [0.2, 0.25) is 5.91 Å². The molecule has 0 aromatic heterocycles. The molecule has 1 aliphatic heterocycles. The highest BCUT2D eigenvalue weighted by Crippen LogP contribution is 2.24. The molecule has 0 spiro atoms. The first-order valence-corrected chi connectivity index (χ1v) is 5.80. The second-order valence-electron chi connectivity index (χ2n) is 4.11. The van der Waals surface area contributed by atoms with Crippen molar-refractivity contribution < 1.29 is 4.79 Å². The summed E-state index contributed by atoms with van der Waals surface area (Å²) in [5, 5.41) is 14.4. The third kappa shape index (κ3) is 2.76. The number of unbranched alkanes of at least 4 members (excludes halogenated alkanes) is 1. The molecule has 0 bridgehead atoms. The van der Waals surface area contributed by atoms with E-state index in [1.807, 2.05) is 24.3 Å². The minimum Gasteiger partial charge on any atom is -0.373 e. The van der Waals surface area contributed by atoms with Crippen LogP contribution in [0.1, 0.15) is 18.4 Å². The van der Waals surface area contributed by atoms with E-state index in [4.69, 9.17) is 5.26 Å². The average molecular weight is 229 g/mol. The number of fused-ring (bicyclic) bond motifs is 1. The maximum atomic E-state index is 11.8. The predicted octanol–water partition coefficient (Wildman–Crippen LogP) is 1.44. The molecule has 0 unspecified atom stereocenters. The van der Waals surface area contributed by atoms with Gasteiger partial charge in [0.05, 0.1) is 6.07 Å². The molecule has 2 N–H and O–H groups in total. The Morgan fingerprint density at radius 3 is 3.12 bits per heavy atom. The molecule has 1 atom stereocenters. The van der Waals surface area contributed by atoms with Gasteiger partial charge in [-0.1, -0.05) is 18.2 Å². The summed E-state index contributed by atoms with van der Waals surface area (Å²) in [4.78, 5) is 11.8. The highest BCUT2D eigenvalue weighted by atomic mass is 16.2. The number of rotatable bonds is 4. The molecule has 88 valence electrons. The van der Waals surface area contributed by atoms with Crippen molar-refractivity contribution in [3.05, 3.63) is 29.8 Å². The Kier molecular flexibility index (Phi) is 3.61. The van der Waals surface area contributed by atoms with E-state index in [2.05, 4.69) is 16.7 Å². The second-order valence-corrected chi connectivity index (χ2v) is 4.11. The lowest BCUT2D eigenvalue weighted by molar-refractivity contribution is -0.121. The number of nitrogens with zero attached hydrogens (tertiary/aromatic N) is 1. The molecule has 1 aliphatic rings. The molecule has 1 aromatic carbocycles. The van der Waals surface area contributed by atoms with Gasteiger partial charge in [-0.15, -0.1) is 0 Å². The number of carbonyl (C=O) groups is 1. The van der Waals surface area contributed by atoms with Crippen LogP contribution in [0.3, 0.4) is 0 Å². The van der Waals surface area contributed by atoms with Crippen molar-refractivity contribution in [3.8, 4) is 6.07 Å². The zero-order valence-electron chi connectivity index (χ0n) is 9.57. The molecule has 4 heteroatoms. The largest absolute Gasteiger partial charge is 0.373 e. The first-order valence-electron chi connectivity index (χ1n) is 5.80. The van der Waals surface area contributed by atoms with Crippen molar-refractivity contribution in [1.29, 1.82) is 5.26 Å². The van der Waals surface area contributed by atoms with Crippen LogP contribution in [0.2, 0.25) is 0 Å². The van der Waals surface area contributed by atoms with Crippen LogP contribution < -0.4 is 10.6 Å². The minimum atomic E-state index is -0.172. The van der Waals surface area contributed by atoms with Crippen molar-refractivity contribution in [2.45, 2.75) is 25.3 Å². The molecule has 1 heterocycles. The predicted molar refractivity (Wildman–Crippen MR) is 65.4 cm³/mol. The summed E-state index contributed by atoms with van der Waals surface area (Å²) >= 11 is 0. The molecule has 2 rings (SSSR count). The normalized spacial score (nSPS) is 16.8. The van der Waals surface area contributed by atoms with Crippen molar-refractivity contribution in [2.75, 3.05) is 11.9 Å². The third-order valence-corrected chi connectivity index (χ3v) is 2.85. The molecule has 1 aromatic rings. The number of hydrogen-bond acceptors (Lipinski definition) is 3. The summed E-state index contributed by atoms with van der Waals surface area (Å²) in [7, 11) is 0. The van der Waals surface area contributed by atoms with Gasteiger partial charge in [0.1, 0.15) is 6.04 Å². The Morgan fingerprint density at radius 2 is 2.35 bits per heavy atom. The Labute approximate surface area is 101 Å². The summed E-state index contributed by atoms with van der Waals surface area (Å²) in [5.74, 6) is 0.0131. The summed E-state index contributed by atoms with van der Waals surface area (Å²) in [6, 6.07) is 9.84. The van der Waals surface area contributed by atoms with E-state index >= 15 is 0 Å². The molecule has 0 saturated heterocycles. The van der Waals surface area contributed by atoms with E-state index in [0.717, 1.165) is 12.1 Å². The summed E-state index contributed by atoms with van der Waals surface area (Å²) in [5.41, 5.74) is 2.23. The Hall–Kier alpha value is -2.02. The summed E-state index contributed by atoms with van der Waals surface area (Å²) in [6.45, 7) is 0.570. The lowest BCUT2D eigenvalue weighted by Gasteiger charge is -2.11. The monoisotopic (exact) mass is 229 g/mol. The van der Waals surface area contributed by atoms with Crippen LogP contribution in [0, 0.1) is 11.3 Å². The Balaban J connectivity index is 1.82. The first kappa shape index (κ1) is 11.5. The van der Waals surface area contributed by atoms with Gasteiger partial charge < -0.3 is 10.6 Å². The SMILES string of the molecule is N#CCCCNC(=O)[C@@H]1Cc2ccccc2N1. The zero-order valence-corrected chi connectivity index (χ0v) is 9.57. The molecule has 1 amide bonds. The summed E-state index contributed by atoms with van der Waals surface area (Å²) in [6.07, 6.45) is 1.93. The third-order valence-electron chi connectivity index (χ3n) is 2.85.